The van der Waals surface area contributed by atoms with Crippen molar-refractivity contribution in [2.24, 2.45) is 5.92 Å². The van der Waals surface area contributed by atoms with Gasteiger partial charge in [0.2, 0.25) is 11.8 Å². The predicted molar refractivity (Wildman–Crippen MR) is 96.8 cm³/mol. The molecular formula is C19H25N3O5. The van der Waals surface area contributed by atoms with E-state index in [1.807, 2.05) is 44.2 Å². The minimum absolute atomic E-state index is 0.132. The molecule has 0 spiro atoms. The van der Waals surface area contributed by atoms with Crippen LogP contribution in [-0.2, 0) is 27.4 Å². The Morgan fingerprint density at radius 2 is 1.85 bits per heavy atom. The normalized spacial score (nSPS) is 11.9. The summed E-state index contributed by atoms with van der Waals surface area (Å²) in [7, 11) is 1.30. The third-order valence-electron chi connectivity index (χ3n) is 3.71. The van der Waals surface area contributed by atoms with E-state index < -0.39 is 12.0 Å². The van der Waals surface area contributed by atoms with Crippen LogP contribution in [0.1, 0.15) is 38.5 Å². The molecule has 27 heavy (non-hydrogen) atoms. The Hall–Kier alpha value is -2.90. The van der Waals surface area contributed by atoms with E-state index in [9.17, 15) is 9.59 Å². The molecule has 0 aliphatic heterocycles. The number of hydrogen-bond acceptors (Lipinski definition) is 7. The smallest absolute Gasteiger partial charge is 0.328 e. The van der Waals surface area contributed by atoms with Crippen LogP contribution < -0.4 is 10.1 Å². The molecule has 0 unspecified atom stereocenters. The summed E-state index contributed by atoms with van der Waals surface area (Å²) in [6.07, 6.45) is 0.923. The van der Waals surface area contributed by atoms with Crippen LogP contribution >= 0.6 is 0 Å². The number of nitrogens with zero attached hydrogens (tertiary/aromatic N) is 2. The van der Waals surface area contributed by atoms with Crippen molar-refractivity contribution < 1.29 is 23.5 Å². The molecule has 0 radical (unpaired) electrons. The quantitative estimate of drug-likeness (QED) is 0.635. The van der Waals surface area contributed by atoms with Gasteiger partial charge in [0.05, 0.1) is 7.11 Å². The zero-order valence-corrected chi connectivity index (χ0v) is 15.8. The van der Waals surface area contributed by atoms with Gasteiger partial charge < -0.3 is 19.2 Å². The molecule has 2 aromatic rings. The van der Waals surface area contributed by atoms with Crippen molar-refractivity contribution in [1.82, 2.24) is 15.5 Å². The molecule has 0 saturated carbocycles. The van der Waals surface area contributed by atoms with Gasteiger partial charge in [-0.05, 0) is 24.5 Å². The van der Waals surface area contributed by atoms with Crippen molar-refractivity contribution in [3.05, 3.63) is 42.1 Å². The molecule has 1 aromatic heterocycles. The monoisotopic (exact) mass is 375 g/mol. The molecule has 0 aliphatic carbocycles. The molecule has 1 N–H and O–H groups in total. The molecule has 1 aromatic carbocycles. The predicted octanol–water partition coefficient (Wildman–Crippen LogP) is 2.29. The lowest BCUT2D eigenvalue weighted by atomic mass is 10.0. The van der Waals surface area contributed by atoms with Crippen LogP contribution in [0.3, 0.4) is 0 Å². The van der Waals surface area contributed by atoms with E-state index in [0.29, 0.717) is 24.0 Å². The first-order valence-corrected chi connectivity index (χ1v) is 8.84. The summed E-state index contributed by atoms with van der Waals surface area (Å²) in [4.78, 5) is 23.9. The van der Waals surface area contributed by atoms with Crippen molar-refractivity contribution in [1.29, 1.82) is 0 Å². The van der Waals surface area contributed by atoms with Gasteiger partial charge in [0.25, 0.3) is 5.89 Å². The Kier molecular flexibility index (Phi) is 7.79. The van der Waals surface area contributed by atoms with Gasteiger partial charge in [-0.2, -0.15) is 0 Å². The molecule has 0 fully saturated rings. The number of carbonyl (C=O) groups is 2. The Morgan fingerprint density at radius 1 is 1.15 bits per heavy atom. The summed E-state index contributed by atoms with van der Waals surface area (Å²) in [5.41, 5.74) is 0. The maximum absolute atomic E-state index is 12.1. The van der Waals surface area contributed by atoms with E-state index in [0.717, 1.165) is 0 Å². The van der Waals surface area contributed by atoms with E-state index >= 15 is 0 Å². The molecule has 1 heterocycles. The molecule has 8 nitrogen and oxygen atoms in total. The van der Waals surface area contributed by atoms with E-state index in [2.05, 4.69) is 15.5 Å². The number of aryl methyl sites for hydroxylation is 1. The third kappa shape index (κ3) is 7.08. The maximum atomic E-state index is 12.1. The number of esters is 1. The van der Waals surface area contributed by atoms with Gasteiger partial charge in [-0.15, -0.1) is 10.2 Å². The number of rotatable bonds is 10. The number of amides is 1. The highest BCUT2D eigenvalue weighted by atomic mass is 16.5. The first-order chi connectivity index (χ1) is 13.0. The van der Waals surface area contributed by atoms with E-state index in [1.165, 1.54) is 7.11 Å². The van der Waals surface area contributed by atoms with Gasteiger partial charge in [0.1, 0.15) is 11.8 Å². The minimum atomic E-state index is -0.653. The van der Waals surface area contributed by atoms with Crippen LogP contribution in [0.2, 0.25) is 0 Å². The second-order valence-corrected chi connectivity index (χ2v) is 6.46. The second-order valence-electron chi connectivity index (χ2n) is 6.46. The number of methoxy groups -OCH3 is 1. The number of ether oxygens (including phenoxy) is 2. The van der Waals surface area contributed by atoms with Crippen LogP contribution in [0, 0.1) is 5.92 Å². The van der Waals surface area contributed by atoms with Gasteiger partial charge in [0, 0.05) is 12.8 Å². The fourth-order valence-corrected chi connectivity index (χ4v) is 2.42. The summed E-state index contributed by atoms with van der Waals surface area (Å²) in [5, 5.41) is 10.5. The molecule has 0 saturated heterocycles. The van der Waals surface area contributed by atoms with Crippen molar-refractivity contribution in [2.75, 3.05) is 7.11 Å². The van der Waals surface area contributed by atoms with Gasteiger partial charge in [-0.3, -0.25) is 4.79 Å². The zero-order chi connectivity index (χ0) is 19.6. The van der Waals surface area contributed by atoms with E-state index in [4.69, 9.17) is 13.9 Å². The standard InChI is InChI=1S/C19H25N3O5/c1-13(2)11-15(19(24)25-3)20-16(23)9-10-17-21-22-18(27-17)12-26-14-7-5-4-6-8-14/h4-8,13,15H,9-12H2,1-3H3,(H,20,23)/t15-/m0/s1. The van der Waals surface area contributed by atoms with Crippen LogP contribution in [0.25, 0.3) is 0 Å². The zero-order valence-electron chi connectivity index (χ0n) is 15.8. The first-order valence-electron chi connectivity index (χ1n) is 8.84. The lowest BCUT2D eigenvalue weighted by Gasteiger charge is -2.18. The topological polar surface area (TPSA) is 104 Å². The van der Waals surface area contributed by atoms with Gasteiger partial charge >= 0.3 is 5.97 Å². The molecule has 1 amide bonds. The summed E-state index contributed by atoms with van der Waals surface area (Å²) in [6, 6.07) is 8.64. The molecule has 8 heteroatoms. The molecule has 2 rings (SSSR count). The van der Waals surface area contributed by atoms with Gasteiger partial charge in [0.15, 0.2) is 6.61 Å². The highest BCUT2D eigenvalue weighted by molar-refractivity contribution is 5.84. The second kappa shape index (κ2) is 10.3. The summed E-state index contributed by atoms with van der Waals surface area (Å²) < 4.78 is 15.7. The Morgan fingerprint density at radius 3 is 2.52 bits per heavy atom. The maximum Gasteiger partial charge on any atom is 0.328 e. The average Bonchev–Trinajstić information content (AvgIpc) is 3.12. The Labute approximate surface area is 158 Å². The summed E-state index contributed by atoms with van der Waals surface area (Å²) >= 11 is 0. The highest BCUT2D eigenvalue weighted by Gasteiger charge is 2.22. The van der Waals surface area contributed by atoms with Crippen molar-refractivity contribution in [3.8, 4) is 5.75 Å². The highest BCUT2D eigenvalue weighted by Crippen LogP contribution is 2.12. The molecule has 0 bridgehead atoms. The largest absolute Gasteiger partial charge is 0.484 e. The molecule has 0 aliphatic rings. The van der Waals surface area contributed by atoms with Crippen molar-refractivity contribution in [3.63, 3.8) is 0 Å². The summed E-state index contributed by atoms with van der Waals surface area (Å²) in [5.74, 6) is 0.909. The van der Waals surface area contributed by atoms with Crippen molar-refractivity contribution >= 4 is 11.9 Å². The Bertz CT molecular complexity index is 730. The fraction of sp³-hybridized carbons (Fsp3) is 0.474. The van der Waals surface area contributed by atoms with Gasteiger partial charge in [-0.1, -0.05) is 32.0 Å². The number of para-hydroxylation sites is 1. The fourth-order valence-electron chi connectivity index (χ4n) is 2.42. The third-order valence-corrected chi connectivity index (χ3v) is 3.71. The van der Waals surface area contributed by atoms with Crippen LogP contribution in [0.5, 0.6) is 5.75 Å². The summed E-state index contributed by atoms with van der Waals surface area (Å²) in [6.45, 7) is 4.10. The van der Waals surface area contributed by atoms with E-state index in [1.54, 1.807) is 0 Å². The number of benzene rings is 1. The number of nitrogens with one attached hydrogen (secondary N) is 1. The van der Waals surface area contributed by atoms with Crippen LogP contribution in [-0.4, -0.2) is 35.2 Å². The molecule has 1 atom stereocenters. The SMILES string of the molecule is COC(=O)[C@H](CC(C)C)NC(=O)CCc1nnc(COc2ccccc2)o1. The molecule has 146 valence electrons. The van der Waals surface area contributed by atoms with Crippen LogP contribution in [0.4, 0.5) is 0 Å². The lowest BCUT2D eigenvalue weighted by Crippen LogP contribution is -2.42. The minimum Gasteiger partial charge on any atom is -0.484 e. The number of aromatic nitrogens is 2. The lowest BCUT2D eigenvalue weighted by molar-refractivity contribution is -0.145. The number of carbonyl (C=O) groups excluding carboxylic acids is 2. The first kappa shape index (κ1) is 20.4. The average molecular weight is 375 g/mol. The Balaban J connectivity index is 1.79. The van der Waals surface area contributed by atoms with E-state index in [-0.39, 0.29) is 31.3 Å². The van der Waals surface area contributed by atoms with Crippen molar-refractivity contribution in [2.45, 2.75) is 45.8 Å². The number of hydrogen-bond donors (Lipinski definition) is 1. The molecular weight excluding hydrogens is 350 g/mol. The van der Waals surface area contributed by atoms with Gasteiger partial charge in [-0.25, -0.2) is 4.79 Å². The van der Waals surface area contributed by atoms with Crippen LogP contribution in [0.15, 0.2) is 34.7 Å².